The van der Waals surface area contributed by atoms with E-state index < -0.39 is 0 Å². The SMILES string of the molecule is Nc1ccc2[nH]nc(-c3nccc(-n4cc(CCO)cn4)n3)c2c1. The molecule has 0 aliphatic rings. The Hall–Kier alpha value is -3.26. The highest BCUT2D eigenvalue weighted by Gasteiger charge is 2.12. The van der Waals surface area contributed by atoms with Crippen molar-refractivity contribution in [2.24, 2.45) is 0 Å². The molecule has 0 spiro atoms. The summed E-state index contributed by atoms with van der Waals surface area (Å²) >= 11 is 0. The fourth-order valence-corrected chi connectivity index (χ4v) is 2.54. The van der Waals surface area contributed by atoms with Crippen LogP contribution in [0.1, 0.15) is 5.56 Å². The van der Waals surface area contributed by atoms with E-state index in [1.807, 2.05) is 24.4 Å². The van der Waals surface area contributed by atoms with Gasteiger partial charge < -0.3 is 10.8 Å². The van der Waals surface area contributed by atoms with E-state index in [1.54, 1.807) is 23.1 Å². The van der Waals surface area contributed by atoms with Crippen molar-refractivity contribution in [2.75, 3.05) is 12.3 Å². The fraction of sp³-hybridized carbons (Fsp3) is 0.125. The molecule has 0 unspecified atom stereocenters. The third kappa shape index (κ3) is 2.48. The van der Waals surface area contributed by atoms with Gasteiger partial charge in [-0.15, -0.1) is 0 Å². The predicted molar refractivity (Wildman–Crippen MR) is 89.4 cm³/mol. The molecule has 4 rings (SSSR count). The number of anilines is 1. The number of H-pyrrole nitrogens is 1. The molecule has 4 aromatic rings. The molecule has 8 heteroatoms. The van der Waals surface area contributed by atoms with Gasteiger partial charge in [0.15, 0.2) is 11.6 Å². The number of aliphatic hydroxyl groups excluding tert-OH is 1. The van der Waals surface area contributed by atoms with E-state index in [0.717, 1.165) is 16.5 Å². The number of rotatable bonds is 4. The van der Waals surface area contributed by atoms with Gasteiger partial charge in [-0.25, -0.2) is 14.6 Å². The monoisotopic (exact) mass is 321 g/mol. The molecule has 120 valence electrons. The number of nitrogens with zero attached hydrogens (tertiary/aromatic N) is 5. The van der Waals surface area contributed by atoms with Crippen LogP contribution in [0.25, 0.3) is 28.2 Å². The van der Waals surface area contributed by atoms with Crippen LogP contribution in [0.4, 0.5) is 5.69 Å². The molecule has 3 heterocycles. The molecular weight excluding hydrogens is 306 g/mol. The Morgan fingerprint density at radius 1 is 1.25 bits per heavy atom. The van der Waals surface area contributed by atoms with Crippen LogP contribution >= 0.6 is 0 Å². The number of hydrogen-bond acceptors (Lipinski definition) is 6. The van der Waals surface area contributed by atoms with Crippen molar-refractivity contribution in [1.82, 2.24) is 29.9 Å². The van der Waals surface area contributed by atoms with Crippen LogP contribution in [0.5, 0.6) is 0 Å². The van der Waals surface area contributed by atoms with E-state index in [4.69, 9.17) is 10.8 Å². The Morgan fingerprint density at radius 3 is 3.04 bits per heavy atom. The van der Waals surface area contributed by atoms with Gasteiger partial charge in [0.05, 0.1) is 11.7 Å². The molecule has 0 amide bonds. The highest BCUT2D eigenvalue weighted by molar-refractivity contribution is 5.93. The van der Waals surface area contributed by atoms with Crippen LogP contribution in [-0.2, 0) is 6.42 Å². The standard InChI is InChI=1S/C16H15N7O/c17-11-1-2-13-12(7-11)15(22-21-13)16-18-5-3-14(20-16)23-9-10(4-6-24)8-19-23/h1-3,5,7-9,24H,4,6,17H2,(H,21,22). The lowest BCUT2D eigenvalue weighted by Gasteiger charge is -2.02. The van der Waals surface area contributed by atoms with Gasteiger partial charge in [0.2, 0.25) is 0 Å². The molecule has 1 aromatic carbocycles. The van der Waals surface area contributed by atoms with Gasteiger partial charge in [0.25, 0.3) is 0 Å². The van der Waals surface area contributed by atoms with Crippen LogP contribution in [0.15, 0.2) is 42.9 Å². The summed E-state index contributed by atoms with van der Waals surface area (Å²) in [5.74, 6) is 1.12. The summed E-state index contributed by atoms with van der Waals surface area (Å²) in [5, 5.41) is 21.4. The summed E-state index contributed by atoms with van der Waals surface area (Å²) in [6.45, 7) is 0.0847. The van der Waals surface area contributed by atoms with Crippen molar-refractivity contribution < 1.29 is 5.11 Å². The van der Waals surface area contributed by atoms with E-state index in [9.17, 15) is 0 Å². The van der Waals surface area contributed by atoms with Crippen LogP contribution in [0.3, 0.4) is 0 Å². The second-order valence-corrected chi connectivity index (χ2v) is 5.38. The van der Waals surface area contributed by atoms with Gasteiger partial charge in [0.1, 0.15) is 5.69 Å². The van der Waals surface area contributed by atoms with Crippen molar-refractivity contribution in [1.29, 1.82) is 0 Å². The maximum Gasteiger partial charge on any atom is 0.182 e. The first-order chi connectivity index (χ1) is 11.7. The molecular formula is C16H15N7O. The molecule has 0 fully saturated rings. The fourth-order valence-electron chi connectivity index (χ4n) is 2.54. The Balaban J connectivity index is 1.77. The summed E-state index contributed by atoms with van der Waals surface area (Å²) < 4.78 is 1.65. The zero-order valence-corrected chi connectivity index (χ0v) is 12.7. The molecule has 24 heavy (non-hydrogen) atoms. The highest BCUT2D eigenvalue weighted by Crippen LogP contribution is 2.25. The molecule has 0 atom stereocenters. The zero-order valence-electron chi connectivity index (χ0n) is 12.7. The number of fused-ring (bicyclic) bond motifs is 1. The number of hydrogen-bond donors (Lipinski definition) is 3. The van der Waals surface area contributed by atoms with Crippen molar-refractivity contribution in [2.45, 2.75) is 6.42 Å². The minimum atomic E-state index is 0.0847. The van der Waals surface area contributed by atoms with E-state index >= 15 is 0 Å². The Labute approximate surface area is 137 Å². The Bertz CT molecular complexity index is 1000. The predicted octanol–water partition coefficient (Wildman–Crippen LogP) is 1.32. The van der Waals surface area contributed by atoms with Crippen LogP contribution < -0.4 is 5.73 Å². The number of benzene rings is 1. The van der Waals surface area contributed by atoms with Gasteiger partial charge in [0, 0.05) is 36.1 Å². The van der Waals surface area contributed by atoms with E-state index in [2.05, 4.69) is 25.3 Å². The van der Waals surface area contributed by atoms with E-state index in [-0.39, 0.29) is 6.61 Å². The number of nitrogens with one attached hydrogen (secondary N) is 1. The van der Waals surface area contributed by atoms with Gasteiger partial charge in [-0.1, -0.05) is 0 Å². The van der Waals surface area contributed by atoms with Crippen molar-refractivity contribution in [3.8, 4) is 17.3 Å². The first-order valence-corrected chi connectivity index (χ1v) is 7.46. The van der Waals surface area contributed by atoms with Crippen LogP contribution in [0.2, 0.25) is 0 Å². The minimum Gasteiger partial charge on any atom is -0.399 e. The van der Waals surface area contributed by atoms with Gasteiger partial charge in [-0.3, -0.25) is 5.10 Å². The number of aromatic amines is 1. The normalized spacial score (nSPS) is 11.2. The largest absolute Gasteiger partial charge is 0.399 e. The maximum atomic E-state index is 9.01. The summed E-state index contributed by atoms with van der Waals surface area (Å²) in [4.78, 5) is 8.86. The topological polar surface area (TPSA) is 119 Å². The van der Waals surface area contributed by atoms with Gasteiger partial charge in [-0.2, -0.15) is 10.2 Å². The molecule has 0 saturated carbocycles. The number of aliphatic hydroxyl groups is 1. The molecule has 4 N–H and O–H groups in total. The van der Waals surface area contributed by atoms with Crippen molar-refractivity contribution in [3.05, 3.63) is 48.4 Å². The lowest BCUT2D eigenvalue weighted by atomic mass is 10.2. The second kappa shape index (κ2) is 5.74. The Morgan fingerprint density at radius 2 is 2.17 bits per heavy atom. The van der Waals surface area contributed by atoms with Crippen molar-refractivity contribution >= 4 is 16.6 Å². The van der Waals surface area contributed by atoms with Crippen LogP contribution in [-0.4, -0.2) is 41.7 Å². The third-order valence-corrected chi connectivity index (χ3v) is 3.71. The second-order valence-electron chi connectivity index (χ2n) is 5.38. The zero-order chi connectivity index (χ0) is 16.5. The summed E-state index contributed by atoms with van der Waals surface area (Å²) in [6, 6.07) is 7.30. The van der Waals surface area contributed by atoms with Gasteiger partial charge >= 0.3 is 0 Å². The first-order valence-electron chi connectivity index (χ1n) is 7.46. The summed E-state index contributed by atoms with van der Waals surface area (Å²) in [7, 11) is 0. The molecule has 3 aromatic heterocycles. The Kier molecular flexibility index (Phi) is 3.43. The lowest BCUT2D eigenvalue weighted by molar-refractivity contribution is 0.299. The van der Waals surface area contributed by atoms with E-state index in [0.29, 0.717) is 29.4 Å². The van der Waals surface area contributed by atoms with E-state index in [1.165, 1.54) is 0 Å². The molecule has 0 radical (unpaired) electrons. The molecule has 0 bridgehead atoms. The summed E-state index contributed by atoms with van der Waals surface area (Å²) in [6.07, 6.45) is 5.77. The average Bonchev–Trinajstić information content (AvgIpc) is 3.22. The molecule has 0 aliphatic carbocycles. The number of nitrogens with two attached hydrogens (primary N) is 1. The first kappa shape index (κ1) is 14.3. The molecule has 0 aliphatic heterocycles. The van der Waals surface area contributed by atoms with Crippen LogP contribution in [0, 0.1) is 0 Å². The molecule has 0 saturated heterocycles. The number of aromatic nitrogens is 6. The minimum absolute atomic E-state index is 0.0847. The maximum absolute atomic E-state index is 9.01. The quantitative estimate of drug-likeness (QED) is 0.488. The third-order valence-electron chi connectivity index (χ3n) is 3.71. The number of nitrogen functional groups attached to an aromatic ring is 1. The van der Waals surface area contributed by atoms with Crippen molar-refractivity contribution in [3.63, 3.8) is 0 Å². The molecule has 8 nitrogen and oxygen atoms in total. The summed E-state index contributed by atoms with van der Waals surface area (Å²) in [5.41, 5.74) is 8.97. The smallest absolute Gasteiger partial charge is 0.182 e. The van der Waals surface area contributed by atoms with Gasteiger partial charge in [-0.05, 0) is 30.2 Å². The highest BCUT2D eigenvalue weighted by atomic mass is 16.2. The average molecular weight is 321 g/mol. The lowest BCUT2D eigenvalue weighted by Crippen LogP contribution is -2.01.